The summed E-state index contributed by atoms with van der Waals surface area (Å²) in [6.45, 7) is 14.0. The van der Waals surface area contributed by atoms with Crippen LogP contribution in [0.4, 0.5) is 11.6 Å². The summed E-state index contributed by atoms with van der Waals surface area (Å²) in [5.74, 6) is 2.99. The minimum atomic E-state index is 0.393. The summed E-state index contributed by atoms with van der Waals surface area (Å²) in [6, 6.07) is 0.418. The van der Waals surface area contributed by atoms with Gasteiger partial charge in [0.15, 0.2) is 0 Å². The highest BCUT2D eigenvalue weighted by atomic mass is 15.1. The van der Waals surface area contributed by atoms with Gasteiger partial charge in [-0.1, -0.05) is 27.7 Å². The summed E-state index contributed by atoms with van der Waals surface area (Å²) in [4.78, 5) is 8.78. The predicted molar refractivity (Wildman–Crippen MR) is 82.8 cm³/mol. The van der Waals surface area contributed by atoms with Gasteiger partial charge in [-0.3, -0.25) is 0 Å². The van der Waals surface area contributed by atoms with Crippen molar-refractivity contribution in [1.29, 1.82) is 0 Å². The summed E-state index contributed by atoms with van der Waals surface area (Å²) in [5.41, 5.74) is 1.18. The first-order chi connectivity index (χ1) is 8.95. The van der Waals surface area contributed by atoms with E-state index < -0.39 is 0 Å². The van der Waals surface area contributed by atoms with Crippen molar-refractivity contribution in [2.75, 3.05) is 17.2 Å². The smallest absolute Gasteiger partial charge is 0.135 e. The third-order valence-electron chi connectivity index (χ3n) is 3.01. The average Bonchev–Trinajstić information content (AvgIpc) is 2.27. The highest BCUT2D eigenvalue weighted by Crippen LogP contribution is 2.29. The van der Waals surface area contributed by atoms with Crippen molar-refractivity contribution < 1.29 is 0 Å². The van der Waals surface area contributed by atoms with Crippen LogP contribution >= 0.6 is 0 Å². The van der Waals surface area contributed by atoms with Crippen LogP contribution in [0.25, 0.3) is 0 Å². The van der Waals surface area contributed by atoms with Crippen LogP contribution < -0.4 is 10.6 Å². The fourth-order valence-corrected chi connectivity index (χ4v) is 2.37. The third-order valence-corrected chi connectivity index (χ3v) is 3.01. The molecule has 1 atom stereocenters. The van der Waals surface area contributed by atoms with E-state index in [2.05, 4.69) is 62.1 Å². The van der Waals surface area contributed by atoms with Crippen LogP contribution in [-0.2, 0) is 0 Å². The lowest BCUT2D eigenvalue weighted by Crippen LogP contribution is -2.20. The number of hydrogen-bond acceptors (Lipinski definition) is 4. The molecule has 0 aliphatic heterocycles. The van der Waals surface area contributed by atoms with E-state index in [0.29, 0.717) is 17.9 Å². The molecule has 4 nitrogen and oxygen atoms in total. The standard InChI is InChI=1S/C15H28N4/c1-7-16-14-13(11(4)5)15(18-9-17-14)19-12(6)8-10(2)3/h9-12H,7-8H2,1-6H3,(H2,16,17,18,19). The Balaban J connectivity index is 2.96. The maximum Gasteiger partial charge on any atom is 0.135 e. The van der Waals surface area contributed by atoms with Gasteiger partial charge >= 0.3 is 0 Å². The Morgan fingerprint density at radius 2 is 1.68 bits per heavy atom. The molecule has 0 saturated heterocycles. The molecule has 2 N–H and O–H groups in total. The van der Waals surface area contributed by atoms with Crippen LogP contribution in [0.3, 0.4) is 0 Å². The second kappa shape index (κ2) is 7.31. The predicted octanol–water partition coefficient (Wildman–Crippen LogP) is 3.88. The van der Waals surface area contributed by atoms with Gasteiger partial charge in [0.1, 0.15) is 18.0 Å². The Bertz CT molecular complexity index is 388. The molecule has 0 aliphatic rings. The summed E-state index contributed by atoms with van der Waals surface area (Å²) in [7, 11) is 0. The monoisotopic (exact) mass is 264 g/mol. The topological polar surface area (TPSA) is 49.8 Å². The van der Waals surface area contributed by atoms with Gasteiger partial charge in [0, 0.05) is 18.2 Å². The van der Waals surface area contributed by atoms with E-state index in [1.54, 1.807) is 6.33 Å². The highest BCUT2D eigenvalue weighted by molar-refractivity contribution is 5.59. The third kappa shape index (κ3) is 4.69. The zero-order valence-electron chi connectivity index (χ0n) is 13.1. The molecule has 108 valence electrons. The fourth-order valence-electron chi connectivity index (χ4n) is 2.37. The van der Waals surface area contributed by atoms with Crippen molar-refractivity contribution in [2.45, 2.75) is 59.9 Å². The number of rotatable bonds is 7. The van der Waals surface area contributed by atoms with Gasteiger partial charge in [0.05, 0.1) is 0 Å². The zero-order chi connectivity index (χ0) is 14.4. The van der Waals surface area contributed by atoms with E-state index in [-0.39, 0.29) is 0 Å². The molecule has 0 aliphatic carbocycles. The lowest BCUT2D eigenvalue weighted by molar-refractivity contribution is 0.538. The van der Waals surface area contributed by atoms with E-state index in [1.807, 2.05) is 0 Å². The van der Waals surface area contributed by atoms with E-state index in [4.69, 9.17) is 0 Å². The van der Waals surface area contributed by atoms with E-state index in [0.717, 1.165) is 24.6 Å². The maximum atomic E-state index is 4.43. The Kier molecular flexibility index (Phi) is 6.06. The minimum Gasteiger partial charge on any atom is -0.370 e. The zero-order valence-corrected chi connectivity index (χ0v) is 13.1. The van der Waals surface area contributed by atoms with Gasteiger partial charge in [-0.2, -0.15) is 0 Å². The Morgan fingerprint density at radius 1 is 1.05 bits per heavy atom. The van der Waals surface area contributed by atoms with Crippen molar-refractivity contribution in [1.82, 2.24) is 9.97 Å². The van der Waals surface area contributed by atoms with Crippen LogP contribution in [0.2, 0.25) is 0 Å². The molecule has 0 radical (unpaired) electrons. The second-order valence-corrected chi connectivity index (χ2v) is 5.84. The Hall–Kier alpha value is -1.32. The van der Waals surface area contributed by atoms with Crippen molar-refractivity contribution >= 4 is 11.6 Å². The number of nitrogens with one attached hydrogen (secondary N) is 2. The number of anilines is 2. The Labute approximate surface area is 117 Å². The molecule has 1 rings (SSSR count). The largest absolute Gasteiger partial charge is 0.370 e. The van der Waals surface area contributed by atoms with Gasteiger partial charge < -0.3 is 10.6 Å². The normalized spacial score (nSPS) is 12.8. The molecule has 0 amide bonds. The van der Waals surface area contributed by atoms with Crippen molar-refractivity contribution in [3.8, 4) is 0 Å². The molecule has 0 fully saturated rings. The average molecular weight is 264 g/mol. The first-order valence-electron chi connectivity index (χ1n) is 7.30. The summed E-state index contributed by atoms with van der Waals surface area (Å²) >= 11 is 0. The van der Waals surface area contributed by atoms with Crippen LogP contribution in [0.15, 0.2) is 6.33 Å². The van der Waals surface area contributed by atoms with Gasteiger partial charge in [-0.05, 0) is 32.1 Å². The lowest BCUT2D eigenvalue weighted by atomic mass is 10.0. The first-order valence-corrected chi connectivity index (χ1v) is 7.30. The minimum absolute atomic E-state index is 0.393. The summed E-state index contributed by atoms with van der Waals surface area (Å²) < 4.78 is 0. The van der Waals surface area contributed by atoms with Gasteiger partial charge in [0.25, 0.3) is 0 Å². The molecule has 0 bridgehead atoms. The van der Waals surface area contributed by atoms with Gasteiger partial charge in [0.2, 0.25) is 0 Å². The number of hydrogen-bond donors (Lipinski definition) is 2. The summed E-state index contributed by atoms with van der Waals surface area (Å²) in [6.07, 6.45) is 2.77. The summed E-state index contributed by atoms with van der Waals surface area (Å²) in [5, 5.41) is 6.85. The molecule has 0 spiro atoms. The van der Waals surface area contributed by atoms with Crippen LogP contribution in [-0.4, -0.2) is 22.6 Å². The van der Waals surface area contributed by atoms with Crippen molar-refractivity contribution in [2.24, 2.45) is 5.92 Å². The fraction of sp³-hybridized carbons (Fsp3) is 0.733. The van der Waals surface area contributed by atoms with E-state index >= 15 is 0 Å². The Morgan fingerprint density at radius 3 is 2.21 bits per heavy atom. The molecule has 1 heterocycles. The molecule has 4 heteroatoms. The molecular formula is C15H28N4. The molecule has 1 aromatic rings. The first kappa shape index (κ1) is 15.7. The van der Waals surface area contributed by atoms with Crippen LogP contribution in [0.1, 0.15) is 59.4 Å². The van der Waals surface area contributed by atoms with Crippen LogP contribution in [0.5, 0.6) is 0 Å². The highest BCUT2D eigenvalue weighted by Gasteiger charge is 2.16. The molecule has 1 aromatic heterocycles. The number of nitrogens with zero attached hydrogens (tertiary/aromatic N) is 2. The quantitative estimate of drug-likeness (QED) is 0.784. The SMILES string of the molecule is CCNc1ncnc(NC(C)CC(C)C)c1C(C)C. The number of aromatic nitrogens is 2. The second-order valence-electron chi connectivity index (χ2n) is 5.84. The van der Waals surface area contributed by atoms with Gasteiger partial charge in [-0.15, -0.1) is 0 Å². The van der Waals surface area contributed by atoms with Gasteiger partial charge in [-0.25, -0.2) is 9.97 Å². The van der Waals surface area contributed by atoms with Crippen LogP contribution in [0, 0.1) is 5.92 Å². The molecule has 1 unspecified atom stereocenters. The van der Waals surface area contributed by atoms with Crippen molar-refractivity contribution in [3.05, 3.63) is 11.9 Å². The lowest BCUT2D eigenvalue weighted by Gasteiger charge is -2.21. The molecule has 19 heavy (non-hydrogen) atoms. The molecule has 0 saturated carbocycles. The molecular weight excluding hydrogens is 236 g/mol. The molecule has 0 aromatic carbocycles. The van der Waals surface area contributed by atoms with Crippen molar-refractivity contribution in [3.63, 3.8) is 0 Å². The maximum absolute atomic E-state index is 4.43. The van der Waals surface area contributed by atoms with E-state index in [1.165, 1.54) is 5.56 Å². The van der Waals surface area contributed by atoms with E-state index in [9.17, 15) is 0 Å².